The van der Waals surface area contributed by atoms with Crippen molar-refractivity contribution in [2.75, 3.05) is 5.32 Å². The summed E-state index contributed by atoms with van der Waals surface area (Å²) in [5, 5.41) is 19.1. The van der Waals surface area contributed by atoms with Gasteiger partial charge in [-0.1, -0.05) is 26.0 Å². The summed E-state index contributed by atoms with van der Waals surface area (Å²) in [6, 6.07) is 8.54. The number of amides is 1. The second kappa shape index (κ2) is 6.66. The average molecular weight is 358 g/mol. The number of nitrogens with zero attached hydrogens (tertiary/aromatic N) is 1. The fourth-order valence-corrected chi connectivity index (χ4v) is 3.27. The molecule has 0 saturated heterocycles. The van der Waals surface area contributed by atoms with Crippen molar-refractivity contribution in [3.05, 3.63) is 46.3 Å². The molecule has 0 aliphatic carbocycles. The molecule has 2 aromatic heterocycles. The van der Waals surface area contributed by atoms with E-state index in [-0.39, 0.29) is 16.8 Å². The van der Waals surface area contributed by atoms with Gasteiger partial charge in [0.15, 0.2) is 0 Å². The maximum atomic E-state index is 12.4. The molecule has 0 aliphatic heterocycles. The summed E-state index contributed by atoms with van der Waals surface area (Å²) in [6.45, 7) is 4.09. The Kier molecular flexibility index (Phi) is 4.56. The molecule has 2 heterocycles. The molecule has 1 amide bonds. The van der Waals surface area contributed by atoms with Gasteiger partial charge in [-0.05, 0) is 29.7 Å². The molecular formula is C17H18N4O3S. The Morgan fingerprint density at radius 3 is 2.56 bits per heavy atom. The van der Waals surface area contributed by atoms with Crippen molar-refractivity contribution >= 4 is 39.2 Å². The predicted octanol–water partition coefficient (Wildman–Crippen LogP) is 3.23. The van der Waals surface area contributed by atoms with Gasteiger partial charge in [0.25, 0.3) is 5.91 Å². The van der Waals surface area contributed by atoms with Gasteiger partial charge in [-0.25, -0.2) is 4.79 Å². The second-order valence-corrected chi connectivity index (χ2v) is 7.11. The zero-order chi connectivity index (χ0) is 18.1. The maximum absolute atomic E-state index is 12.4. The zero-order valence-corrected chi connectivity index (χ0v) is 14.6. The number of carboxylic acids is 1. The van der Waals surface area contributed by atoms with Gasteiger partial charge in [0, 0.05) is 11.6 Å². The topological polar surface area (TPSA) is 121 Å². The van der Waals surface area contributed by atoms with Crippen LogP contribution in [0.4, 0.5) is 5.82 Å². The van der Waals surface area contributed by atoms with Crippen molar-refractivity contribution in [3.63, 3.8) is 0 Å². The van der Waals surface area contributed by atoms with E-state index < -0.39 is 5.97 Å². The number of carbonyl (C=O) groups excluding carboxylic acids is 1. The van der Waals surface area contributed by atoms with Gasteiger partial charge >= 0.3 is 5.97 Å². The van der Waals surface area contributed by atoms with Crippen LogP contribution in [0.5, 0.6) is 0 Å². The maximum Gasteiger partial charge on any atom is 0.345 e. The minimum absolute atomic E-state index is 0.0791. The molecule has 3 aromatic rings. The van der Waals surface area contributed by atoms with Crippen LogP contribution in [0, 0.1) is 5.92 Å². The molecule has 130 valence electrons. The SMILES string of the molecule is CC(C)C(N)c1ccc(C(=O)Nc2[nH]nc3sc(C(=O)O)cc23)cc1. The lowest BCUT2D eigenvalue weighted by molar-refractivity contribution is 0.0702. The molecule has 25 heavy (non-hydrogen) atoms. The van der Waals surface area contributed by atoms with Crippen molar-refractivity contribution in [1.29, 1.82) is 0 Å². The molecule has 0 bridgehead atoms. The van der Waals surface area contributed by atoms with E-state index in [0.717, 1.165) is 16.9 Å². The highest BCUT2D eigenvalue weighted by Crippen LogP contribution is 2.29. The Hall–Kier alpha value is -2.71. The minimum atomic E-state index is -1.02. The Bertz CT molecular complexity index is 927. The molecule has 0 spiro atoms. The lowest BCUT2D eigenvalue weighted by atomic mass is 9.96. The Morgan fingerprint density at radius 2 is 1.96 bits per heavy atom. The lowest BCUT2D eigenvalue weighted by Gasteiger charge is -2.16. The van der Waals surface area contributed by atoms with Crippen LogP contribution < -0.4 is 11.1 Å². The number of benzene rings is 1. The summed E-state index contributed by atoms with van der Waals surface area (Å²) in [5.41, 5.74) is 7.56. The Balaban J connectivity index is 1.79. The van der Waals surface area contributed by atoms with E-state index in [1.165, 1.54) is 6.07 Å². The number of aromatic carboxylic acids is 1. The number of nitrogens with one attached hydrogen (secondary N) is 2. The number of aromatic amines is 1. The number of nitrogens with two attached hydrogens (primary N) is 1. The van der Waals surface area contributed by atoms with Gasteiger partial charge < -0.3 is 16.2 Å². The summed E-state index contributed by atoms with van der Waals surface area (Å²) in [4.78, 5) is 24.1. The molecule has 1 unspecified atom stereocenters. The van der Waals surface area contributed by atoms with Crippen LogP contribution in [-0.4, -0.2) is 27.2 Å². The van der Waals surface area contributed by atoms with Gasteiger partial charge in [0.1, 0.15) is 15.5 Å². The number of thiophene rings is 1. The highest BCUT2D eigenvalue weighted by Gasteiger charge is 2.17. The van der Waals surface area contributed by atoms with E-state index in [4.69, 9.17) is 10.8 Å². The summed E-state index contributed by atoms with van der Waals surface area (Å²) in [7, 11) is 0. The summed E-state index contributed by atoms with van der Waals surface area (Å²) < 4.78 is 0. The van der Waals surface area contributed by atoms with Gasteiger partial charge in [-0.3, -0.25) is 9.89 Å². The van der Waals surface area contributed by atoms with Crippen LogP contribution in [0.3, 0.4) is 0 Å². The molecule has 1 aromatic carbocycles. The van der Waals surface area contributed by atoms with Crippen LogP contribution >= 0.6 is 11.3 Å². The second-order valence-electron chi connectivity index (χ2n) is 6.08. The molecule has 1 atom stereocenters. The summed E-state index contributed by atoms with van der Waals surface area (Å²) in [5.74, 6) is -0.637. The number of carboxylic acid groups (broad SMARTS) is 1. The van der Waals surface area contributed by atoms with E-state index in [1.807, 2.05) is 26.0 Å². The molecular weight excluding hydrogens is 340 g/mol. The number of hydrogen-bond acceptors (Lipinski definition) is 5. The number of hydrogen-bond donors (Lipinski definition) is 4. The fraction of sp³-hybridized carbons (Fsp3) is 0.235. The third kappa shape index (κ3) is 3.40. The Morgan fingerprint density at radius 1 is 1.28 bits per heavy atom. The van der Waals surface area contributed by atoms with E-state index >= 15 is 0 Å². The first kappa shape index (κ1) is 17.1. The van der Waals surface area contributed by atoms with Crippen molar-refractivity contribution in [2.24, 2.45) is 11.7 Å². The molecule has 8 heteroatoms. The molecule has 5 N–H and O–H groups in total. The van der Waals surface area contributed by atoms with Gasteiger partial charge in [0.05, 0.1) is 5.39 Å². The van der Waals surface area contributed by atoms with Crippen molar-refractivity contribution in [2.45, 2.75) is 19.9 Å². The lowest BCUT2D eigenvalue weighted by Crippen LogP contribution is -2.17. The largest absolute Gasteiger partial charge is 0.477 e. The van der Waals surface area contributed by atoms with Crippen LogP contribution in [-0.2, 0) is 0 Å². The van der Waals surface area contributed by atoms with Gasteiger partial charge in [-0.2, -0.15) is 5.10 Å². The number of rotatable bonds is 5. The van der Waals surface area contributed by atoms with Gasteiger partial charge in [-0.15, -0.1) is 11.3 Å². The first-order chi connectivity index (χ1) is 11.9. The van der Waals surface area contributed by atoms with Crippen LogP contribution in [0.15, 0.2) is 30.3 Å². The molecule has 0 aliphatic rings. The molecule has 0 fully saturated rings. The number of fused-ring (bicyclic) bond motifs is 1. The third-order valence-corrected chi connectivity index (χ3v) is 4.99. The minimum Gasteiger partial charge on any atom is -0.477 e. The highest BCUT2D eigenvalue weighted by atomic mass is 32.1. The molecule has 0 saturated carbocycles. The zero-order valence-electron chi connectivity index (χ0n) is 13.7. The van der Waals surface area contributed by atoms with E-state index in [0.29, 0.717) is 27.5 Å². The molecule has 3 rings (SSSR count). The fourth-order valence-electron chi connectivity index (χ4n) is 2.44. The van der Waals surface area contributed by atoms with Crippen LogP contribution in [0.2, 0.25) is 0 Å². The number of carbonyl (C=O) groups is 2. The first-order valence-electron chi connectivity index (χ1n) is 7.75. The van der Waals surface area contributed by atoms with E-state index in [1.54, 1.807) is 12.1 Å². The quantitative estimate of drug-likeness (QED) is 0.558. The summed E-state index contributed by atoms with van der Waals surface area (Å²) >= 11 is 1.05. The molecule has 7 nitrogen and oxygen atoms in total. The van der Waals surface area contributed by atoms with E-state index in [2.05, 4.69) is 15.5 Å². The highest BCUT2D eigenvalue weighted by molar-refractivity contribution is 7.20. The van der Waals surface area contributed by atoms with Crippen molar-refractivity contribution < 1.29 is 14.7 Å². The van der Waals surface area contributed by atoms with Gasteiger partial charge in [0.2, 0.25) is 0 Å². The van der Waals surface area contributed by atoms with E-state index in [9.17, 15) is 9.59 Å². The summed E-state index contributed by atoms with van der Waals surface area (Å²) in [6.07, 6.45) is 0. The van der Waals surface area contributed by atoms with Crippen LogP contribution in [0.1, 0.15) is 45.5 Å². The monoisotopic (exact) mass is 358 g/mol. The van der Waals surface area contributed by atoms with Crippen molar-refractivity contribution in [3.8, 4) is 0 Å². The normalized spacial score (nSPS) is 12.5. The number of aromatic nitrogens is 2. The Labute approximate surface area is 147 Å². The number of H-pyrrole nitrogens is 1. The number of anilines is 1. The first-order valence-corrected chi connectivity index (χ1v) is 8.56. The smallest absolute Gasteiger partial charge is 0.345 e. The van der Waals surface area contributed by atoms with Crippen LogP contribution in [0.25, 0.3) is 10.2 Å². The standard InChI is InChI=1S/C17H18N4O3S/c1-8(2)13(18)9-3-5-10(6-4-9)15(22)19-14-11-7-12(17(23)24)25-16(11)21-20-14/h3-8,13H,18H2,1-2H3,(H,23,24)(H2,19,20,21,22). The molecule has 0 radical (unpaired) electrons. The third-order valence-electron chi connectivity index (χ3n) is 3.98. The van der Waals surface area contributed by atoms with Crippen molar-refractivity contribution in [1.82, 2.24) is 10.2 Å². The average Bonchev–Trinajstić information content (AvgIpc) is 3.16. The predicted molar refractivity (Wildman–Crippen MR) is 97.1 cm³/mol.